The van der Waals surface area contributed by atoms with Crippen LogP contribution in [0.4, 0.5) is 5.82 Å². The molecule has 0 amide bonds. The molecule has 2 aromatic heterocycles. The Morgan fingerprint density at radius 2 is 1.49 bits per heavy atom. The van der Waals surface area contributed by atoms with Gasteiger partial charge in [0.1, 0.15) is 34.9 Å². The Labute approximate surface area is 268 Å². The number of nitrogen functional groups attached to an aromatic ring is 1. The van der Waals surface area contributed by atoms with Gasteiger partial charge in [-0.3, -0.25) is 4.57 Å². The van der Waals surface area contributed by atoms with Gasteiger partial charge in [0.2, 0.25) is 0 Å². The molecule has 1 saturated heterocycles. The highest BCUT2D eigenvalue weighted by Gasteiger charge is 2.47. The van der Waals surface area contributed by atoms with Gasteiger partial charge in [-0.15, -0.1) is 0 Å². The Hall–Kier alpha value is -3.80. The summed E-state index contributed by atoms with van der Waals surface area (Å²) in [6.07, 6.45) is 4.30. The molecule has 9 nitrogen and oxygen atoms in total. The molecule has 5 aromatic rings. The van der Waals surface area contributed by atoms with E-state index in [1.807, 2.05) is 54.6 Å². The van der Waals surface area contributed by atoms with Gasteiger partial charge >= 0.3 is 0 Å². The molecule has 3 heterocycles. The van der Waals surface area contributed by atoms with Crippen LogP contribution in [0.1, 0.15) is 55.5 Å². The van der Waals surface area contributed by atoms with Gasteiger partial charge in [-0.05, 0) is 23.1 Å². The van der Waals surface area contributed by atoms with Crippen LogP contribution in [0, 0.1) is 0 Å². The first-order valence-electron chi connectivity index (χ1n) is 15.5. The fourth-order valence-electron chi connectivity index (χ4n) is 5.92. The van der Waals surface area contributed by atoms with Crippen LogP contribution in [0.3, 0.4) is 0 Å². The molecule has 10 heteroatoms. The number of rotatable bonds is 14. The van der Waals surface area contributed by atoms with Gasteiger partial charge in [-0.2, -0.15) is 0 Å². The van der Waals surface area contributed by atoms with Crippen LogP contribution in [-0.4, -0.2) is 56.2 Å². The first-order chi connectivity index (χ1) is 22.1. The summed E-state index contributed by atoms with van der Waals surface area (Å²) in [6, 6.07) is 31.0. The van der Waals surface area contributed by atoms with E-state index in [1.54, 1.807) is 10.9 Å². The fraction of sp³-hybridized carbons (Fsp3) is 0.343. The van der Waals surface area contributed by atoms with Crippen LogP contribution in [0.2, 0.25) is 0 Å². The topological polar surface area (TPSA) is 118 Å². The molecule has 3 aromatic carbocycles. The third kappa shape index (κ3) is 6.47. The van der Waals surface area contributed by atoms with Crippen molar-refractivity contribution in [1.82, 2.24) is 19.5 Å². The van der Waals surface area contributed by atoms with E-state index >= 15 is 0 Å². The maximum Gasteiger partial charge on any atom is 0.167 e. The van der Waals surface area contributed by atoms with Crippen molar-refractivity contribution in [1.29, 1.82) is 0 Å². The Bertz CT molecular complexity index is 1540. The van der Waals surface area contributed by atoms with Crippen LogP contribution in [0.25, 0.3) is 11.2 Å². The summed E-state index contributed by atoms with van der Waals surface area (Å²) in [6.45, 7) is 2.80. The third-order valence-corrected chi connectivity index (χ3v) is 9.45. The molecule has 1 aliphatic rings. The van der Waals surface area contributed by atoms with Crippen molar-refractivity contribution in [2.45, 2.75) is 61.9 Å². The number of anilines is 1. The Morgan fingerprint density at radius 3 is 2.09 bits per heavy atom. The van der Waals surface area contributed by atoms with Crippen molar-refractivity contribution < 1.29 is 18.8 Å². The van der Waals surface area contributed by atoms with Gasteiger partial charge < -0.3 is 24.5 Å². The van der Waals surface area contributed by atoms with E-state index in [0.29, 0.717) is 17.8 Å². The van der Waals surface area contributed by atoms with E-state index in [-0.39, 0.29) is 12.4 Å². The minimum atomic E-state index is -0.946. The van der Waals surface area contributed by atoms with E-state index in [2.05, 4.69) is 58.3 Å². The summed E-state index contributed by atoms with van der Waals surface area (Å²) in [5.74, 6) is 0.282. The second-order valence-electron chi connectivity index (χ2n) is 11.2. The van der Waals surface area contributed by atoms with Crippen molar-refractivity contribution >= 4 is 29.0 Å². The Morgan fingerprint density at radius 1 is 0.867 bits per heavy atom. The molecule has 1 aliphatic heterocycles. The zero-order valence-electron chi connectivity index (χ0n) is 25.3. The monoisotopic (exact) mass is 625 g/mol. The summed E-state index contributed by atoms with van der Waals surface area (Å²) in [7, 11) is 0. The van der Waals surface area contributed by atoms with E-state index in [0.717, 1.165) is 42.4 Å². The highest BCUT2D eigenvalue weighted by Crippen LogP contribution is 2.49. The predicted molar refractivity (Wildman–Crippen MR) is 176 cm³/mol. The van der Waals surface area contributed by atoms with Crippen LogP contribution >= 0.6 is 12.0 Å². The average Bonchev–Trinajstić information content (AvgIpc) is 3.65. The maximum atomic E-state index is 11.6. The van der Waals surface area contributed by atoms with E-state index in [4.69, 9.17) is 19.4 Å². The zero-order chi connectivity index (χ0) is 31.1. The van der Waals surface area contributed by atoms with Crippen molar-refractivity contribution in [3.05, 3.63) is 120 Å². The van der Waals surface area contributed by atoms with Crippen LogP contribution in [-0.2, 0) is 18.4 Å². The zero-order valence-corrected chi connectivity index (χ0v) is 26.1. The largest absolute Gasteiger partial charge is 0.387 e. The third-order valence-electron chi connectivity index (χ3n) is 8.24. The van der Waals surface area contributed by atoms with E-state index in [1.165, 1.54) is 18.4 Å². The molecule has 4 atom stereocenters. The number of benzene rings is 3. The van der Waals surface area contributed by atoms with Gasteiger partial charge in [0.15, 0.2) is 17.7 Å². The summed E-state index contributed by atoms with van der Waals surface area (Å²) < 4.78 is 20.4. The number of hydrogen-bond acceptors (Lipinski definition) is 9. The summed E-state index contributed by atoms with van der Waals surface area (Å²) in [4.78, 5) is 12.9. The smallest absolute Gasteiger partial charge is 0.167 e. The standard InChI is InChI=1S/C35H39N5O4S/c1-2-3-4-14-21-42-31-30(41)28(44-34(31)40-24-39-29-32(36)37-23-38-33(29)40)22-43-45-35(25-15-8-5-9-16-25,26-17-10-6-11-18-26)27-19-12-7-13-20-27/h5-13,15-20,23-24,28,30-31,34,41H,2-4,14,21-22H2,1H3,(H2,36,37,38)/t28-,30-,31-,34-/m1/s1. The lowest BCUT2D eigenvalue weighted by molar-refractivity contribution is -0.0697. The Kier molecular flexibility index (Phi) is 10.1. The van der Waals surface area contributed by atoms with Crippen molar-refractivity contribution in [2.24, 2.45) is 0 Å². The molecule has 0 aliphatic carbocycles. The van der Waals surface area contributed by atoms with Crippen LogP contribution in [0.15, 0.2) is 104 Å². The van der Waals surface area contributed by atoms with Gasteiger partial charge in [0.25, 0.3) is 0 Å². The van der Waals surface area contributed by atoms with Gasteiger partial charge in [0.05, 0.1) is 12.9 Å². The molecule has 0 bridgehead atoms. The van der Waals surface area contributed by atoms with Crippen molar-refractivity contribution in [2.75, 3.05) is 18.9 Å². The lowest BCUT2D eigenvalue weighted by atomic mass is 9.84. The van der Waals surface area contributed by atoms with Crippen LogP contribution < -0.4 is 5.73 Å². The van der Waals surface area contributed by atoms with Gasteiger partial charge in [-0.25, -0.2) is 15.0 Å². The summed E-state index contributed by atoms with van der Waals surface area (Å²) in [5, 5.41) is 11.6. The van der Waals surface area contributed by atoms with Crippen molar-refractivity contribution in [3.63, 3.8) is 0 Å². The summed E-state index contributed by atoms with van der Waals surface area (Å²) in [5.41, 5.74) is 10.3. The molecule has 45 heavy (non-hydrogen) atoms. The van der Waals surface area contributed by atoms with Gasteiger partial charge in [0, 0.05) is 18.6 Å². The number of ether oxygens (including phenoxy) is 2. The number of imidazole rings is 1. The molecule has 1 fully saturated rings. The number of nitrogens with two attached hydrogens (primary N) is 1. The predicted octanol–water partition coefficient (Wildman–Crippen LogP) is 6.29. The molecule has 6 rings (SSSR count). The molecule has 3 N–H and O–H groups in total. The molecule has 0 saturated carbocycles. The molecule has 234 valence electrons. The fourth-order valence-corrected chi connectivity index (χ4v) is 6.99. The van der Waals surface area contributed by atoms with Crippen molar-refractivity contribution in [3.8, 4) is 0 Å². The second kappa shape index (κ2) is 14.5. The number of aliphatic hydroxyl groups is 1. The number of nitrogens with zero attached hydrogens (tertiary/aromatic N) is 4. The number of aliphatic hydroxyl groups excluding tert-OH is 1. The highest BCUT2D eigenvalue weighted by atomic mass is 32.2. The first kappa shape index (κ1) is 31.2. The minimum absolute atomic E-state index is 0.121. The van der Waals surface area contributed by atoms with Crippen LogP contribution in [0.5, 0.6) is 0 Å². The first-order valence-corrected chi connectivity index (χ1v) is 16.2. The second-order valence-corrected chi connectivity index (χ2v) is 12.2. The number of hydrogen-bond donors (Lipinski definition) is 2. The highest BCUT2D eigenvalue weighted by molar-refractivity contribution is 7.96. The van der Waals surface area contributed by atoms with Gasteiger partial charge in [-0.1, -0.05) is 117 Å². The van der Waals surface area contributed by atoms with E-state index in [9.17, 15) is 5.11 Å². The molecule has 0 spiro atoms. The molecule has 0 radical (unpaired) electrons. The van der Waals surface area contributed by atoms with E-state index < -0.39 is 29.3 Å². The molecular formula is C35H39N5O4S. The Balaban J connectivity index is 1.27. The SMILES string of the molecule is CCCCCCO[C@@H]1[C@H](O)[C@@H](COSC(c2ccccc2)(c2ccccc2)c2ccccc2)O[C@H]1n1cnc2c(N)ncnc21. The normalized spacial score (nSPS) is 20.1. The molecular weight excluding hydrogens is 586 g/mol. The number of aromatic nitrogens is 4. The lowest BCUT2D eigenvalue weighted by Crippen LogP contribution is -2.36. The number of unbranched alkanes of at least 4 members (excludes halogenated alkanes) is 3. The minimum Gasteiger partial charge on any atom is -0.387 e. The average molecular weight is 626 g/mol. The summed E-state index contributed by atoms with van der Waals surface area (Å²) >= 11 is 1.36. The lowest BCUT2D eigenvalue weighted by Gasteiger charge is -2.34. The quantitative estimate of drug-likeness (QED) is 0.0834. The maximum absolute atomic E-state index is 11.6. The molecule has 0 unspecified atom stereocenters. The number of fused-ring (bicyclic) bond motifs is 1.